The molecule has 1 aliphatic heterocycles. The van der Waals surface area contributed by atoms with Gasteiger partial charge in [0.2, 0.25) is 5.91 Å². The SMILES string of the molecule is CCOc1ccccc1C(=O)N[C@@H]1CC(=O)N(c2ccc(OC)c(OC)c2)C1. The molecule has 0 aliphatic carbocycles. The zero-order chi connectivity index (χ0) is 20.1. The zero-order valence-corrected chi connectivity index (χ0v) is 16.2. The maximum atomic E-state index is 12.7. The average Bonchev–Trinajstić information content (AvgIpc) is 3.08. The number of hydrogen-bond donors (Lipinski definition) is 1. The molecular formula is C21H24N2O5. The molecule has 2 aromatic rings. The molecule has 1 atom stereocenters. The van der Waals surface area contributed by atoms with Crippen molar-refractivity contribution in [3.63, 3.8) is 0 Å². The van der Waals surface area contributed by atoms with E-state index < -0.39 is 0 Å². The number of hydrogen-bond acceptors (Lipinski definition) is 5. The quantitative estimate of drug-likeness (QED) is 0.794. The molecule has 148 valence electrons. The van der Waals surface area contributed by atoms with E-state index >= 15 is 0 Å². The van der Waals surface area contributed by atoms with Gasteiger partial charge in [0, 0.05) is 24.7 Å². The van der Waals surface area contributed by atoms with E-state index in [0.29, 0.717) is 41.7 Å². The fraction of sp³-hybridized carbons (Fsp3) is 0.333. The number of nitrogens with zero attached hydrogens (tertiary/aromatic N) is 1. The Kier molecular flexibility index (Phi) is 6.03. The van der Waals surface area contributed by atoms with Gasteiger partial charge in [-0.25, -0.2) is 0 Å². The number of para-hydroxylation sites is 1. The van der Waals surface area contributed by atoms with Crippen molar-refractivity contribution in [1.29, 1.82) is 0 Å². The first-order valence-corrected chi connectivity index (χ1v) is 9.12. The second kappa shape index (κ2) is 8.65. The highest BCUT2D eigenvalue weighted by atomic mass is 16.5. The molecule has 0 unspecified atom stereocenters. The number of carbonyl (C=O) groups is 2. The largest absolute Gasteiger partial charge is 0.493 e. The first kappa shape index (κ1) is 19.5. The summed E-state index contributed by atoms with van der Waals surface area (Å²) >= 11 is 0. The summed E-state index contributed by atoms with van der Waals surface area (Å²) in [6.07, 6.45) is 0.233. The molecule has 0 radical (unpaired) electrons. The Labute approximate surface area is 164 Å². The molecule has 3 rings (SSSR count). The Morgan fingerprint density at radius 2 is 1.86 bits per heavy atom. The molecule has 0 spiro atoms. The number of carbonyl (C=O) groups excluding carboxylic acids is 2. The highest BCUT2D eigenvalue weighted by Gasteiger charge is 2.32. The van der Waals surface area contributed by atoms with Crippen LogP contribution in [0.3, 0.4) is 0 Å². The van der Waals surface area contributed by atoms with Gasteiger partial charge in [0.1, 0.15) is 5.75 Å². The zero-order valence-electron chi connectivity index (χ0n) is 16.2. The van der Waals surface area contributed by atoms with Crippen LogP contribution in [0.25, 0.3) is 0 Å². The minimum absolute atomic E-state index is 0.0596. The fourth-order valence-electron chi connectivity index (χ4n) is 3.25. The van der Waals surface area contributed by atoms with Crippen LogP contribution in [0.4, 0.5) is 5.69 Å². The van der Waals surface area contributed by atoms with Gasteiger partial charge in [0.05, 0.1) is 32.4 Å². The molecule has 7 heteroatoms. The van der Waals surface area contributed by atoms with Crippen molar-refractivity contribution in [3.05, 3.63) is 48.0 Å². The lowest BCUT2D eigenvalue weighted by Gasteiger charge is -2.19. The molecule has 2 aromatic carbocycles. The predicted octanol–water partition coefficient (Wildman–Crippen LogP) is 2.64. The predicted molar refractivity (Wildman–Crippen MR) is 105 cm³/mol. The third-order valence-corrected chi connectivity index (χ3v) is 4.57. The van der Waals surface area contributed by atoms with Crippen LogP contribution in [0.15, 0.2) is 42.5 Å². The van der Waals surface area contributed by atoms with Gasteiger partial charge in [-0.15, -0.1) is 0 Å². The third-order valence-electron chi connectivity index (χ3n) is 4.57. The molecule has 7 nitrogen and oxygen atoms in total. The van der Waals surface area contributed by atoms with Gasteiger partial charge in [-0.1, -0.05) is 12.1 Å². The van der Waals surface area contributed by atoms with Crippen molar-refractivity contribution in [2.45, 2.75) is 19.4 Å². The van der Waals surface area contributed by atoms with E-state index in [-0.39, 0.29) is 24.3 Å². The number of rotatable bonds is 7. The number of ether oxygens (including phenoxy) is 3. The van der Waals surface area contributed by atoms with Crippen molar-refractivity contribution in [2.75, 3.05) is 32.3 Å². The second-order valence-corrected chi connectivity index (χ2v) is 6.35. The average molecular weight is 384 g/mol. The summed E-state index contributed by atoms with van der Waals surface area (Å²) in [5, 5.41) is 2.94. The number of methoxy groups -OCH3 is 2. The highest BCUT2D eigenvalue weighted by Crippen LogP contribution is 2.33. The Balaban J connectivity index is 1.72. The molecule has 1 aliphatic rings. The van der Waals surface area contributed by atoms with E-state index in [0.717, 1.165) is 0 Å². The molecule has 2 amide bonds. The molecule has 28 heavy (non-hydrogen) atoms. The summed E-state index contributed by atoms with van der Waals surface area (Å²) in [6.45, 7) is 2.72. The number of nitrogens with one attached hydrogen (secondary N) is 1. The van der Waals surface area contributed by atoms with Gasteiger partial charge in [-0.3, -0.25) is 9.59 Å². The van der Waals surface area contributed by atoms with E-state index in [9.17, 15) is 9.59 Å². The Bertz CT molecular complexity index is 868. The van der Waals surface area contributed by atoms with Crippen LogP contribution >= 0.6 is 0 Å². The first-order valence-electron chi connectivity index (χ1n) is 9.12. The Morgan fingerprint density at radius 1 is 1.11 bits per heavy atom. The van der Waals surface area contributed by atoms with Gasteiger partial charge in [-0.05, 0) is 31.2 Å². The molecule has 0 saturated carbocycles. The Hall–Kier alpha value is -3.22. The Morgan fingerprint density at radius 3 is 2.57 bits per heavy atom. The lowest BCUT2D eigenvalue weighted by molar-refractivity contribution is -0.117. The summed E-state index contributed by atoms with van der Waals surface area (Å²) in [7, 11) is 3.11. The van der Waals surface area contributed by atoms with Crippen molar-refractivity contribution in [3.8, 4) is 17.2 Å². The first-order chi connectivity index (χ1) is 13.6. The van der Waals surface area contributed by atoms with Crippen molar-refractivity contribution >= 4 is 17.5 Å². The van der Waals surface area contributed by atoms with E-state index in [2.05, 4.69) is 5.32 Å². The van der Waals surface area contributed by atoms with Gasteiger partial charge in [0.15, 0.2) is 11.5 Å². The summed E-state index contributed by atoms with van der Waals surface area (Å²) in [4.78, 5) is 26.8. The third kappa shape index (κ3) is 4.03. The maximum absolute atomic E-state index is 12.7. The fourth-order valence-corrected chi connectivity index (χ4v) is 3.25. The molecule has 1 heterocycles. The van der Waals surface area contributed by atoms with Gasteiger partial charge in [0.25, 0.3) is 5.91 Å². The number of anilines is 1. The van der Waals surface area contributed by atoms with Crippen molar-refractivity contribution in [2.24, 2.45) is 0 Å². The summed E-state index contributed by atoms with van der Waals surface area (Å²) in [5.74, 6) is 1.36. The molecule has 0 bridgehead atoms. The second-order valence-electron chi connectivity index (χ2n) is 6.35. The van der Waals surface area contributed by atoms with Gasteiger partial charge in [-0.2, -0.15) is 0 Å². The van der Waals surface area contributed by atoms with E-state index in [1.807, 2.05) is 13.0 Å². The lowest BCUT2D eigenvalue weighted by Crippen LogP contribution is -2.37. The molecular weight excluding hydrogens is 360 g/mol. The maximum Gasteiger partial charge on any atom is 0.255 e. The topological polar surface area (TPSA) is 77.1 Å². The van der Waals surface area contributed by atoms with Crippen LogP contribution in [-0.2, 0) is 4.79 Å². The monoisotopic (exact) mass is 384 g/mol. The minimum Gasteiger partial charge on any atom is -0.493 e. The van der Waals surface area contributed by atoms with Crippen molar-refractivity contribution < 1.29 is 23.8 Å². The van der Waals surface area contributed by atoms with Crippen LogP contribution in [0.2, 0.25) is 0 Å². The number of amides is 2. The molecule has 0 aromatic heterocycles. The molecule has 1 saturated heterocycles. The lowest BCUT2D eigenvalue weighted by atomic mass is 10.1. The minimum atomic E-state index is -0.289. The van der Waals surface area contributed by atoms with Gasteiger partial charge >= 0.3 is 0 Å². The van der Waals surface area contributed by atoms with Crippen LogP contribution in [0.5, 0.6) is 17.2 Å². The van der Waals surface area contributed by atoms with Crippen LogP contribution in [0, 0.1) is 0 Å². The van der Waals surface area contributed by atoms with Crippen LogP contribution < -0.4 is 24.4 Å². The normalized spacial score (nSPS) is 16.0. The summed E-state index contributed by atoms with van der Waals surface area (Å²) < 4.78 is 16.1. The molecule has 1 N–H and O–H groups in total. The van der Waals surface area contributed by atoms with Gasteiger partial charge < -0.3 is 24.4 Å². The van der Waals surface area contributed by atoms with Crippen LogP contribution in [-0.4, -0.2) is 45.2 Å². The standard InChI is InChI=1S/C21H24N2O5/c1-4-28-17-8-6-5-7-16(17)21(25)22-14-11-20(24)23(13-14)15-9-10-18(26-2)19(12-15)27-3/h5-10,12,14H,4,11,13H2,1-3H3,(H,22,25)/t14-/m1/s1. The van der Waals surface area contributed by atoms with E-state index in [4.69, 9.17) is 14.2 Å². The molecule has 1 fully saturated rings. The van der Waals surface area contributed by atoms with Crippen LogP contribution in [0.1, 0.15) is 23.7 Å². The highest BCUT2D eigenvalue weighted by molar-refractivity contribution is 6.00. The smallest absolute Gasteiger partial charge is 0.255 e. The van der Waals surface area contributed by atoms with E-state index in [1.54, 1.807) is 55.5 Å². The van der Waals surface area contributed by atoms with E-state index in [1.165, 1.54) is 0 Å². The van der Waals surface area contributed by atoms with Crippen molar-refractivity contribution in [1.82, 2.24) is 5.32 Å². The summed E-state index contributed by atoms with van der Waals surface area (Å²) in [6, 6.07) is 12.1. The summed E-state index contributed by atoms with van der Waals surface area (Å²) in [5.41, 5.74) is 1.16. The number of benzene rings is 2.